The maximum Gasteiger partial charge on any atom is 0.0442 e. The zero-order chi connectivity index (χ0) is 10.6. The number of hydrogen-bond donors (Lipinski definition) is 0. The van der Waals surface area contributed by atoms with E-state index in [1.165, 1.54) is 16.9 Å². The van der Waals surface area contributed by atoms with Crippen LogP contribution in [0.25, 0.3) is 0 Å². The molecule has 0 amide bonds. The van der Waals surface area contributed by atoms with Crippen molar-refractivity contribution in [1.29, 1.82) is 0 Å². The molecule has 1 aliphatic rings. The van der Waals surface area contributed by atoms with Crippen molar-refractivity contribution in [3.63, 3.8) is 0 Å². The third kappa shape index (κ3) is 1.82. The second-order valence-electron chi connectivity index (χ2n) is 3.14. The third-order valence-electron chi connectivity index (χ3n) is 2.49. The molecule has 0 radical (unpaired) electrons. The molecule has 14 heavy (non-hydrogen) atoms. The van der Waals surface area contributed by atoms with Gasteiger partial charge in [-0.3, -0.25) is 0 Å². The van der Waals surface area contributed by atoms with Gasteiger partial charge in [0, 0.05) is 24.9 Å². The Labute approximate surface area is 87.1 Å². The summed E-state index contributed by atoms with van der Waals surface area (Å²) in [4.78, 5) is 2.26. The molecule has 1 nitrogen and oxygen atoms in total. The van der Waals surface area contributed by atoms with Crippen LogP contribution in [0, 0.1) is 0 Å². The molecule has 76 valence electrons. The van der Waals surface area contributed by atoms with E-state index >= 15 is 0 Å². The van der Waals surface area contributed by atoms with E-state index in [1.54, 1.807) is 0 Å². The SMILES string of the molecule is CC.CC=C1Cc2ccccc2N1C. The minimum atomic E-state index is 1.09. The van der Waals surface area contributed by atoms with Gasteiger partial charge < -0.3 is 4.90 Å². The molecule has 0 N–H and O–H groups in total. The van der Waals surface area contributed by atoms with Crippen LogP contribution in [0.15, 0.2) is 36.0 Å². The van der Waals surface area contributed by atoms with E-state index in [4.69, 9.17) is 0 Å². The van der Waals surface area contributed by atoms with E-state index < -0.39 is 0 Å². The lowest BCUT2D eigenvalue weighted by molar-refractivity contribution is 1.09. The van der Waals surface area contributed by atoms with E-state index in [0.29, 0.717) is 0 Å². The third-order valence-corrected chi connectivity index (χ3v) is 2.49. The van der Waals surface area contributed by atoms with Crippen LogP contribution < -0.4 is 4.90 Å². The number of para-hydroxylation sites is 1. The molecule has 0 fully saturated rings. The molecule has 1 heterocycles. The van der Waals surface area contributed by atoms with E-state index in [0.717, 1.165) is 6.42 Å². The number of nitrogens with zero attached hydrogens (tertiary/aromatic N) is 1. The van der Waals surface area contributed by atoms with E-state index in [2.05, 4.69) is 49.2 Å². The molecule has 1 aliphatic heterocycles. The second kappa shape index (κ2) is 4.85. The first-order valence-electron chi connectivity index (χ1n) is 5.29. The van der Waals surface area contributed by atoms with Gasteiger partial charge in [-0.2, -0.15) is 0 Å². The summed E-state index contributed by atoms with van der Waals surface area (Å²) in [5.41, 5.74) is 4.19. The number of allylic oxidation sites excluding steroid dienone is 2. The minimum absolute atomic E-state index is 1.09. The van der Waals surface area contributed by atoms with E-state index in [-0.39, 0.29) is 0 Å². The quantitative estimate of drug-likeness (QED) is 0.602. The molecule has 0 aromatic heterocycles. The van der Waals surface area contributed by atoms with Crippen LogP contribution >= 0.6 is 0 Å². The van der Waals surface area contributed by atoms with Crippen LogP contribution in [0.5, 0.6) is 0 Å². The molecule has 1 aromatic rings. The highest BCUT2D eigenvalue weighted by molar-refractivity contribution is 5.64. The van der Waals surface area contributed by atoms with Crippen molar-refractivity contribution >= 4 is 5.69 Å². The van der Waals surface area contributed by atoms with Gasteiger partial charge in [0.25, 0.3) is 0 Å². The van der Waals surface area contributed by atoms with Crippen molar-refractivity contribution in [2.24, 2.45) is 0 Å². The molecule has 0 bridgehead atoms. The molecule has 0 saturated carbocycles. The highest BCUT2D eigenvalue weighted by Crippen LogP contribution is 2.32. The van der Waals surface area contributed by atoms with Crippen LogP contribution in [-0.2, 0) is 6.42 Å². The molecule has 1 aromatic carbocycles. The van der Waals surface area contributed by atoms with Crippen LogP contribution in [0.3, 0.4) is 0 Å². The van der Waals surface area contributed by atoms with E-state index in [9.17, 15) is 0 Å². The average molecular weight is 189 g/mol. The summed E-state index contributed by atoms with van der Waals surface area (Å²) < 4.78 is 0. The van der Waals surface area contributed by atoms with Crippen molar-refractivity contribution < 1.29 is 0 Å². The lowest BCUT2D eigenvalue weighted by Gasteiger charge is -2.13. The maximum atomic E-state index is 2.26. The summed E-state index contributed by atoms with van der Waals surface area (Å²) in [6, 6.07) is 8.56. The summed E-state index contributed by atoms with van der Waals surface area (Å²) >= 11 is 0. The molecule has 2 rings (SSSR count). The molecule has 0 unspecified atom stereocenters. The Balaban J connectivity index is 0.000000461. The number of rotatable bonds is 0. The zero-order valence-electron chi connectivity index (χ0n) is 9.54. The first-order valence-corrected chi connectivity index (χ1v) is 5.29. The van der Waals surface area contributed by atoms with Crippen molar-refractivity contribution in [1.82, 2.24) is 0 Å². The monoisotopic (exact) mass is 189 g/mol. The predicted molar refractivity (Wildman–Crippen MR) is 63.7 cm³/mol. The van der Waals surface area contributed by atoms with E-state index in [1.807, 2.05) is 13.8 Å². The van der Waals surface area contributed by atoms with Gasteiger partial charge in [0.2, 0.25) is 0 Å². The van der Waals surface area contributed by atoms with Gasteiger partial charge in [-0.25, -0.2) is 0 Å². The molecule has 1 heteroatoms. The van der Waals surface area contributed by atoms with Crippen LogP contribution in [0.4, 0.5) is 5.69 Å². The second-order valence-corrected chi connectivity index (χ2v) is 3.14. The maximum absolute atomic E-state index is 2.26. The first-order chi connectivity index (χ1) is 6.83. The van der Waals surface area contributed by atoms with Gasteiger partial charge in [-0.15, -0.1) is 0 Å². The number of anilines is 1. The Hall–Kier alpha value is -1.24. The standard InChI is InChI=1S/C11H13N.C2H6/c1-3-10-8-9-6-4-5-7-11(9)12(10)2;1-2/h3-7H,8H2,1-2H3;1-2H3. The first kappa shape index (κ1) is 10.8. The minimum Gasteiger partial charge on any atom is -0.348 e. The van der Waals surface area contributed by atoms with Crippen LogP contribution in [0.1, 0.15) is 26.3 Å². The molecule has 0 spiro atoms. The summed E-state index contributed by atoms with van der Waals surface area (Å²) in [5.74, 6) is 0. The predicted octanol–water partition coefficient (Wildman–Crippen LogP) is 3.61. The summed E-state index contributed by atoms with van der Waals surface area (Å²) in [7, 11) is 2.13. The van der Waals surface area contributed by atoms with Gasteiger partial charge >= 0.3 is 0 Å². The lowest BCUT2D eigenvalue weighted by Crippen LogP contribution is -2.10. The van der Waals surface area contributed by atoms with Crippen molar-refractivity contribution in [2.75, 3.05) is 11.9 Å². The zero-order valence-corrected chi connectivity index (χ0v) is 9.54. The normalized spacial score (nSPS) is 16.3. The van der Waals surface area contributed by atoms with Crippen molar-refractivity contribution in [2.45, 2.75) is 27.2 Å². The topological polar surface area (TPSA) is 3.24 Å². The summed E-state index contributed by atoms with van der Waals surface area (Å²) in [6.45, 7) is 6.09. The van der Waals surface area contributed by atoms with Gasteiger partial charge in [0.15, 0.2) is 0 Å². The van der Waals surface area contributed by atoms with Gasteiger partial charge in [-0.1, -0.05) is 38.1 Å². The smallest absolute Gasteiger partial charge is 0.0442 e. The summed E-state index contributed by atoms with van der Waals surface area (Å²) in [5, 5.41) is 0. The largest absolute Gasteiger partial charge is 0.348 e. The van der Waals surface area contributed by atoms with Crippen molar-refractivity contribution in [3.8, 4) is 0 Å². The Morgan fingerprint density at radius 1 is 1.21 bits per heavy atom. The van der Waals surface area contributed by atoms with Crippen LogP contribution in [-0.4, -0.2) is 7.05 Å². The fourth-order valence-electron chi connectivity index (χ4n) is 1.75. The average Bonchev–Trinajstić information content (AvgIpc) is 2.59. The fraction of sp³-hybridized carbons (Fsp3) is 0.385. The molecular formula is C13H19N. The molecular weight excluding hydrogens is 170 g/mol. The number of likely N-dealkylation sites (N-methyl/N-ethyl adjacent to an activating group) is 1. The Morgan fingerprint density at radius 2 is 1.86 bits per heavy atom. The highest BCUT2D eigenvalue weighted by atomic mass is 15.1. The molecule has 0 aliphatic carbocycles. The van der Waals surface area contributed by atoms with Gasteiger partial charge in [0.05, 0.1) is 0 Å². The highest BCUT2D eigenvalue weighted by Gasteiger charge is 2.18. The summed E-state index contributed by atoms with van der Waals surface area (Å²) in [6.07, 6.45) is 3.27. The number of benzene rings is 1. The van der Waals surface area contributed by atoms with Gasteiger partial charge in [-0.05, 0) is 18.6 Å². The molecule has 0 atom stereocenters. The van der Waals surface area contributed by atoms with Gasteiger partial charge in [0.1, 0.15) is 0 Å². The number of hydrogen-bond acceptors (Lipinski definition) is 1. The Morgan fingerprint density at radius 3 is 2.43 bits per heavy atom. The Kier molecular flexibility index (Phi) is 3.75. The Bertz CT molecular complexity index is 326. The fourth-order valence-corrected chi connectivity index (χ4v) is 1.75. The molecule has 0 saturated heterocycles. The van der Waals surface area contributed by atoms with Crippen LogP contribution in [0.2, 0.25) is 0 Å². The number of fused-ring (bicyclic) bond motifs is 1. The van der Waals surface area contributed by atoms with Crippen molar-refractivity contribution in [3.05, 3.63) is 41.6 Å². The lowest BCUT2D eigenvalue weighted by atomic mass is 10.1.